The molecule has 2 aromatic carbocycles. The van der Waals surface area contributed by atoms with Gasteiger partial charge in [0.15, 0.2) is 5.75 Å². The third-order valence-electron chi connectivity index (χ3n) is 4.06. The quantitative estimate of drug-likeness (QED) is 0.635. The van der Waals surface area contributed by atoms with E-state index in [-0.39, 0.29) is 11.4 Å². The molecule has 0 fully saturated rings. The van der Waals surface area contributed by atoms with Crippen molar-refractivity contribution in [1.82, 2.24) is 0 Å². The summed E-state index contributed by atoms with van der Waals surface area (Å²) in [5, 5.41) is 13.8. The molecule has 5 nitrogen and oxygen atoms in total. The maximum absolute atomic E-state index is 12.2. The van der Waals surface area contributed by atoms with E-state index in [9.17, 15) is 14.8 Å². The van der Waals surface area contributed by atoms with Gasteiger partial charge in [0.2, 0.25) is 0 Å². The van der Waals surface area contributed by atoms with E-state index in [0.717, 1.165) is 19.3 Å². The Bertz CT molecular complexity index is 852. The SMILES string of the molecule is O=Nc1ccc2cc(C(=O)OCCC3=CC=CCC3)ccc2c1O. The van der Waals surface area contributed by atoms with Gasteiger partial charge in [0, 0.05) is 11.8 Å². The van der Waals surface area contributed by atoms with E-state index in [4.69, 9.17) is 4.74 Å². The molecule has 0 aliphatic heterocycles. The van der Waals surface area contributed by atoms with E-state index in [1.165, 1.54) is 11.6 Å². The van der Waals surface area contributed by atoms with E-state index < -0.39 is 5.97 Å². The predicted molar refractivity (Wildman–Crippen MR) is 92.4 cm³/mol. The van der Waals surface area contributed by atoms with Gasteiger partial charge < -0.3 is 9.84 Å². The molecule has 1 aliphatic carbocycles. The smallest absolute Gasteiger partial charge is 0.338 e. The van der Waals surface area contributed by atoms with Crippen LogP contribution in [0.5, 0.6) is 5.75 Å². The van der Waals surface area contributed by atoms with Crippen LogP contribution in [0.1, 0.15) is 29.6 Å². The Labute approximate surface area is 139 Å². The molecule has 122 valence electrons. The maximum atomic E-state index is 12.2. The number of fused-ring (bicyclic) bond motifs is 1. The van der Waals surface area contributed by atoms with Gasteiger partial charge in [-0.3, -0.25) is 0 Å². The summed E-state index contributed by atoms with van der Waals surface area (Å²) in [5.41, 5.74) is 1.67. The van der Waals surface area contributed by atoms with E-state index in [1.807, 2.05) is 6.08 Å². The summed E-state index contributed by atoms with van der Waals surface area (Å²) >= 11 is 0. The summed E-state index contributed by atoms with van der Waals surface area (Å²) in [7, 11) is 0. The number of allylic oxidation sites excluding steroid dienone is 3. The van der Waals surface area contributed by atoms with Gasteiger partial charge in [0.1, 0.15) is 5.69 Å². The van der Waals surface area contributed by atoms with Gasteiger partial charge in [-0.15, -0.1) is 4.91 Å². The molecule has 2 aromatic rings. The second-order valence-electron chi connectivity index (χ2n) is 5.64. The number of hydrogen-bond donors (Lipinski definition) is 1. The van der Waals surface area contributed by atoms with Crippen LogP contribution in [-0.4, -0.2) is 17.7 Å². The number of aromatic hydroxyl groups is 1. The molecular weight excluding hydrogens is 306 g/mol. The molecule has 0 atom stereocenters. The van der Waals surface area contributed by atoms with E-state index in [1.54, 1.807) is 24.3 Å². The average Bonchev–Trinajstić information content (AvgIpc) is 2.62. The maximum Gasteiger partial charge on any atom is 0.338 e. The van der Waals surface area contributed by atoms with Gasteiger partial charge in [-0.1, -0.05) is 29.9 Å². The summed E-state index contributed by atoms with van der Waals surface area (Å²) in [4.78, 5) is 22.8. The fourth-order valence-corrected chi connectivity index (χ4v) is 2.72. The van der Waals surface area contributed by atoms with Gasteiger partial charge in [0.25, 0.3) is 0 Å². The Morgan fingerprint density at radius 3 is 2.88 bits per heavy atom. The number of nitrogens with zero attached hydrogens (tertiary/aromatic N) is 1. The Balaban J connectivity index is 1.69. The first kappa shape index (κ1) is 15.9. The number of ether oxygens (including phenoxy) is 1. The summed E-state index contributed by atoms with van der Waals surface area (Å²) in [6.07, 6.45) is 8.99. The number of hydrogen-bond acceptors (Lipinski definition) is 5. The van der Waals surface area contributed by atoms with Crippen molar-refractivity contribution in [3.8, 4) is 5.75 Å². The number of esters is 1. The first-order valence-electron chi connectivity index (χ1n) is 7.80. The first-order chi connectivity index (χ1) is 11.7. The van der Waals surface area contributed by atoms with Crippen molar-refractivity contribution in [3.05, 3.63) is 64.6 Å². The van der Waals surface area contributed by atoms with Crippen molar-refractivity contribution in [2.75, 3.05) is 6.61 Å². The highest BCUT2D eigenvalue weighted by atomic mass is 16.5. The molecule has 5 heteroatoms. The lowest BCUT2D eigenvalue weighted by molar-refractivity contribution is 0.0509. The second-order valence-corrected chi connectivity index (χ2v) is 5.64. The minimum atomic E-state index is -0.402. The number of phenols is 1. The van der Waals surface area contributed by atoms with Gasteiger partial charge in [-0.25, -0.2) is 4.79 Å². The van der Waals surface area contributed by atoms with E-state index >= 15 is 0 Å². The van der Waals surface area contributed by atoms with E-state index in [2.05, 4.69) is 17.3 Å². The van der Waals surface area contributed by atoms with Gasteiger partial charge >= 0.3 is 5.97 Å². The second kappa shape index (κ2) is 7.08. The monoisotopic (exact) mass is 323 g/mol. The highest BCUT2D eigenvalue weighted by Gasteiger charge is 2.12. The largest absolute Gasteiger partial charge is 0.505 e. The number of carbonyl (C=O) groups is 1. The van der Waals surface area contributed by atoms with Crippen LogP contribution in [0, 0.1) is 4.91 Å². The van der Waals surface area contributed by atoms with Gasteiger partial charge in [0.05, 0.1) is 12.2 Å². The Morgan fingerprint density at radius 2 is 2.12 bits per heavy atom. The molecule has 0 saturated heterocycles. The fourth-order valence-electron chi connectivity index (χ4n) is 2.72. The van der Waals surface area contributed by atoms with Gasteiger partial charge in [-0.05, 0) is 47.7 Å². The van der Waals surface area contributed by atoms with Crippen LogP contribution in [0.15, 0.2) is 59.3 Å². The molecule has 0 saturated carbocycles. The van der Waals surface area contributed by atoms with Crippen LogP contribution in [0.3, 0.4) is 0 Å². The zero-order chi connectivity index (χ0) is 16.9. The zero-order valence-corrected chi connectivity index (χ0v) is 13.1. The Hall–Kier alpha value is -2.95. The van der Waals surface area contributed by atoms with Crippen LogP contribution in [0.2, 0.25) is 0 Å². The lowest BCUT2D eigenvalue weighted by Crippen LogP contribution is -2.07. The predicted octanol–water partition coefficient (Wildman–Crippen LogP) is 4.77. The van der Waals surface area contributed by atoms with Crippen molar-refractivity contribution in [1.29, 1.82) is 0 Å². The highest BCUT2D eigenvalue weighted by molar-refractivity contribution is 5.98. The van der Waals surface area contributed by atoms with Gasteiger partial charge in [-0.2, -0.15) is 0 Å². The molecule has 24 heavy (non-hydrogen) atoms. The molecule has 0 aromatic heterocycles. The lowest BCUT2D eigenvalue weighted by Gasteiger charge is -2.10. The topological polar surface area (TPSA) is 76.0 Å². The third kappa shape index (κ3) is 3.35. The lowest BCUT2D eigenvalue weighted by atomic mass is 10.0. The number of phenolic OH excluding ortho intramolecular Hbond substituents is 1. The molecule has 0 amide bonds. The molecule has 0 unspecified atom stereocenters. The molecule has 0 bridgehead atoms. The van der Waals surface area contributed by atoms with Crippen molar-refractivity contribution in [3.63, 3.8) is 0 Å². The standard InChI is InChI=1S/C19H17NO4/c21-18-16-8-6-15(12-14(16)7-9-17(18)20-23)19(22)24-11-10-13-4-2-1-3-5-13/h1-2,4,6-9,12,21H,3,5,10-11H2. The minimum Gasteiger partial charge on any atom is -0.505 e. The summed E-state index contributed by atoms with van der Waals surface area (Å²) in [5.74, 6) is -0.583. The molecular formula is C19H17NO4. The van der Waals surface area contributed by atoms with E-state index in [0.29, 0.717) is 22.9 Å². The summed E-state index contributed by atoms with van der Waals surface area (Å²) in [6.45, 7) is 0.343. The molecule has 0 heterocycles. The number of benzene rings is 2. The van der Waals surface area contributed by atoms with Crippen molar-refractivity contribution < 1.29 is 14.6 Å². The van der Waals surface area contributed by atoms with Crippen LogP contribution < -0.4 is 0 Å². The highest BCUT2D eigenvalue weighted by Crippen LogP contribution is 2.34. The fraction of sp³-hybridized carbons (Fsp3) is 0.211. The number of carbonyl (C=O) groups excluding carboxylic acids is 1. The Kier molecular flexibility index (Phi) is 4.70. The van der Waals surface area contributed by atoms with Crippen molar-refractivity contribution in [2.24, 2.45) is 5.18 Å². The third-order valence-corrected chi connectivity index (χ3v) is 4.06. The minimum absolute atomic E-state index is 0.0207. The number of nitroso groups, excluding NO2 is 1. The van der Waals surface area contributed by atoms with Crippen LogP contribution in [0.4, 0.5) is 5.69 Å². The van der Waals surface area contributed by atoms with Crippen LogP contribution >= 0.6 is 0 Å². The summed E-state index contributed by atoms with van der Waals surface area (Å²) in [6, 6.07) is 7.85. The Morgan fingerprint density at radius 1 is 1.25 bits per heavy atom. The summed E-state index contributed by atoms with van der Waals surface area (Å²) < 4.78 is 5.32. The molecule has 0 radical (unpaired) electrons. The van der Waals surface area contributed by atoms with Crippen molar-refractivity contribution >= 4 is 22.4 Å². The molecule has 1 N–H and O–H groups in total. The molecule has 1 aliphatic rings. The normalized spacial score (nSPS) is 13.6. The van der Waals surface area contributed by atoms with Crippen molar-refractivity contribution in [2.45, 2.75) is 19.3 Å². The van der Waals surface area contributed by atoms with Crippen LogP contribution in [0.25, 0.3) is 10.8 Å². The molecule has 0 spiro atoms. The average molecular weight is 323 g/mol. The first-order valence-corrected chi connectivity index (χ1v) is 7.80. The zero-order valence-electron chi connectivity index (χ0n) is 13.1. The molecule has 3 rings (SSSR count). The van der Waals surface area contributed by atoms with Crippen LogP contribution in [-0.2, 0) is 4.74 Å². The number of rotatable bonds is 5.